The zero-order valence-electron chi connectivity index (χ0n) is 15.8. The average molecular weight is 376 g/mol. The third kappa shape index (κ3) is 4.22. The maximum atomic E-state index is 12.0. The lowest BCUT2D eigenvalue weighted by atomic mass is 9.95. The van der Waals surface area contributed by atoms with Crippen LogP contribution in [-0.4, -0.2) is 33.8 Å². The van der Waals surface area contributed by atoms with Gasteiger partial charge in [0.15, 0.2) is 6.61 Å². The van der Waals surface area contributed by atoms with Gasteiger partial charge in [0.2, 0.25) is 0 Å². The first-order valence-corrected chi connectivity index (χ1v) is 9.76. The second kappa shape index (κ2) is 8.69. The Bertz CT molecular complexity index is 922. The van der Waals surface area contributed by atoms with Gasteiger partial charge in [-0.25, -0.2) is 0 Å². The molecule has 28 heavy (non-hydrogen) atoms. The van der Waals surface area contributed by atoms with Gasteiger partial charge < -0.3 is 10.1 Å². The van der Waals surface area contributed by atoms with E-state index in [1.807, 2.05) is 53.2 Å². The number of ether oxygens (including phenoxy) is 1. The summed E-state index contributed by atoms with van der Waals surface area (Å²) >= 11 is 0. The lowest BCUT2D eigenvalue weighted by Crippen LogP contribution is -2.32. The van der Waals surface area contributed by atoms with Gasteiger partial charge in [0, 0.05) is 24.0 Å². The van der Waals surface area contributed by atoms with Crippen molar-refractivity contribution in [2.75, 3.05) is 13.2 Å². The molecule has 0 saturated carbocycles. The zero-order chi connectivity index (χ0) is 19.2. The summed E-state index contributed by atoms with van der Waals surface area (Å²) in [4.78, 5) is 16.5. The van der Waals surface area contributed by atoms with Crippen LogP contribution in [0, 0.1) is 0 Å². The number of pyridine rings is 1. The molecule has 6 nitrogen and oxygen atoms in total. The molecular formula is C22H24N4O2. The van der Waals surface area contributed by atoms with Crippen molar-refractivity contribution in [2.45, 2.75) is 32.2 Å². The van der Waals surface area contributed by atoms with Gasteiger partial charge in [0.05, 0.1) is 12.2 Å². The van der Waals surface area contributed by atoms with Crippen LogP contribution in [0.5, 0.6) is 5.75 Å². The molecule has 0 radical (unpaired) electrons. The molecule has 2 aromatic heterocycles. The van der Waals surface area contributed by atoms with Crippen LogP contribution in [0.15, 0.2) is 54.7 Å². The van der Waals surface area contributed by atoms with E-state index in [1.54, 1.807) is 6.20 Å². The third-order valence-electron chi connectivity index (χ3n) is 4.92. The number of aromatic nitrogens is 3. The van der Waals surface area contributed by atoms with Crippen LogP contribution in [0.4, 0.5) is 0 Å². The van der Waals surface area contributed by atoms with Crippen molar-refractivity contribution in [1.29, 1.82) is 0 Å². The van der Waals surface area contributed by atoms with E-state index in [0.717, 1.165) is 24.2 Å². The molecule has 0 spiro atoms. The molecule has 0 atom stereocenters. The Morgan fingerprint density at radius 2 is 1.89 bits per heavy atom. The molecule has 1 aliphatic rings. The number of fused-ring (bicyclic) bond motifs is 1. The summed E-state index contributed by atoms with van der Waals surface area (Å²) in [7, 11) is 0. The predicted molar refractivity (Wildman–Crippen MR) is 107 cm³/mol. The maximum Gasteiger partial charge on any atom is 0.258 e. The van der Waals surface area contributed by atoms with Crippen molar-refractivity contribution in [3.63, 3.8) is 0 Å². The van der Waals surface area contributed by atoms with E-state index in [-0.39, 0.29) is 12.5 Å². The minimum atomic E-state index is -0.130. The van der Waals surface area contributed by atoms with Crippen molar-refractivity contribution < 1.29 is 9.53 Å². The standard InChI is InChI=1S/C22H24N4O2/c27-21(16-28-17-8-2-1-3-9-17)24-14-15-26-20-12-5-4-10-18(20)22(25-26)19-11-6-7-13-23-19/h1-3,6-9,11,13H,4-5,10,12,14-16H2,(H,24,27). The number of hydrogen-bond donors (Lipinski definition) is 1. The first-order chi connectivity index (χ1) is 13.8. The van der Waals surface area contributed by atoms with Crippen LogP contribution in [0.25, 0.3) is 11.4 Å². The van der Waals surface area contributed by atoms with E-state index in [4.69, 9.17) is 9.84 Å². The van der Waals surface area contributed by atoms with Crippen molar-refractivity contribution in [3.05, 3.63) is 66.0 Å². The monoisotopic (exact) mass is 376 g/mol. The van der Waals surface area contributed by atoms with Gasteiger partial charge in [0.25, 0.3) is 5.91 Å². The van der Waals surface area contributed by atoms with Gasteiger partial charge in [-0.05, 0) is 49.9 Å². The van der Waals surface area contributed by atoms with Crippen LogP contribution < -0.4 is 10.1 Å². The second-order valence-electron chi connectivity index (χ2n) is 6.87. The minimum Gasteiger partial charge on any atom is -0.484 e. The molecule has 0 bridgehead atoms. The first-order valence-electron chi connectivity index (χ1n) is 9.76. The number of nitrogens with zero attached hydrogens (tertiary/aromatic N) is 3. The van der Waals surface area contributed by atoms with Crippen LogP contribution in [-0.2, 0) is 24.2 Å². The topological polar surface area (TPSA) is 69.0 Å². The summed E-state index contributed by atoms with van der Waals surface area (Å²) < 4.78 is 7.52. The quantitative estimate of drug-likeness (QED) is 0.688. The highest BCUT2D eigenvalue weighted by Crippen LogP contribution is 2.30. The molecule has 0 unspecified atom stereocenters. The maximum absolute atomic E-state index is 12.0. The summed E-state index contributed by atoms with van der Waals surface area (Å²) in [5.74, 6) is 0.564. The Kier molecular flexibility index (Phi) is 5.66. The number of hydrogen-bond acceptors (Lipinski definition) is 4. The number of benzene rings is 1. The summed E-state index contributed by atoms with van der Waals surface area (Å²) in [6.45, 7) is 1.18. The Labute approximate surface area is 164 Å². The molecule has 1 aromatic carbocycles. The molecule has 0 aliphatic heterocycles. The van der Waals surface area contributed by atoms with Gasteiger partial charge in [-0.15, -0.1) is 0 Å². The molecule has 6 heteroatoms. The van der Waals surface area contributed by atoms with Crippen molar-refractivity contribution >= 4 is 5.91 Å². The van der Waals surface area contributed by atoms with E-state index >= 15 is 0 Å². The number of para-hydroxylation sites is 1. The van der Waals surface area contributed by atoms with Gasteiger partial charge in [-0.1, -0.05) is 24.3 Å². The molecule has 3 aromatic rings. The summed E-state index contributed by atoms with van der Waals surface area (Å²) in [5.41, 5.74) is 4.49. The van der Waals surface area contributed by atoms with Gasteiger partial charge in [-0.2, -0.15) is 5.10 Å². The lowest BCUT2D eigenvalue weighted by molar-refractivity contribution is -0.123. The average Bonchev–Trinajstić information content (AvgIpc) is 3.12. The number of carbonyl (C=O) groups excluding carboxylic acids is 1. The molecule has 0 fully saturated rings. The van der Waals surface area contributed by atoms with Gasteiger partial charge in [0.1, 0.15) is 11.4 Å². The number of carbonyl (C=O) groups is 1. The van der Waals surface area contributed by atoms with E-state index in [2.05, 4.69) is 10.3 Å². The summed E-state index contributed by atoms with van der Waals surface area (Å²) in [6.07, 6.45) is 6.24. The summed E-state index contributed by atoms with van der Waals surface area (Å²) in [6, 6.07) is 15.3. The zero-order valence-corrected chi connectivity index (χ0v) is 15.8. The first kappa shape index (κ1) is 18.2. The Balaban J connectivity index is 1.37. The predicted octanol–water partition coefficient (Wildman–Crippen LogP) is 3.02. The highest BCUT2D eigenvalue weighted by atomic mass is 16.5. The van der Waals surface area contributed by atoms with Crippen LogP contribution in [0.2, 0.25) is 0 Å². The molecule has 2 heterocycles. The fraction of sp³-hybridized carbons (Fsp3) is 0.318. The molecule has 1 aliphatic carbocycles. The van der Waals surface area contributed by atoms with E-state index in [0.29, 0.717) is 18.8 Å². The molecule has 144 valence electrons. The fourth-order valence-corrected chi connectivity index (χ4v) is 3.58. The highest BCUT2D eigenvalue weighted by molar-refractivity contribution is 5.77. The van der Waals surface area contributed by atoms with Crippen LogP contribution in [0.1, 0.15) is 24.1 Å². The van der Waals surface area contributed by atoms with Crippen LogP contribution in [0.3, 0.4) is 0 Å². The minimum absolute atomic E-state index is 0.0143. The van der Waals surface area contributed by atoms with Crippen molar-refractivity contribution in [2.24, 2.45) is 0 Å². The highest BCUT2D eigenvalue weighted by Gasteiger charge is 2.22. The number of rotatable bonds is 7. The smallest absolute Gasteiger partial charge is 0.258 e. The third-order valence-corrected chi connectivity index (χ3v) is 4.92. The molecule has 4 rings (SSSR count). The summed E-state index contributed by atoms with van der Waals surface area (Å²) in [5, 5.41) is 7.74. The number of amides is 1. The molecular weight excluding hydrogens is 352 g/mol. The number of nitrogens with one attached hydrogen (secondary N) is 1. The Morgan fingerprint density at radius 1 is 1.07 bits per heavy atom. The molecule has 0 saturated heterocycles. The van der Waals surface area contributed by atoms with Gasteiger partial charge >= 0.3 is 0 Å². The Hall–Kier alpha value is -3.15. The van der Waals surface area contributed by atoms with E-state index in [1.165, 1.54) is 24.1 Å². The largest absolute Gasteiger partial charge is 0.484 e. The second-order valence-corrected chi connectivity index (χ2v) is 6.87. The fourth-order valence-electron chi connectivity index (χ4n) is 3.58. The molecule has 1 N–H and O–H groups in total. The molecule has 1 amide bonds. The van der Waals surface area contributed by atoms with Crippen LogP contribution >= 0.6 is 0 Å². The van der Waals surface area contributed by atoms with Gasteiger partial charge in [-0.3, -0.25) is 14.5 Å². The SMILES string of the molecule is O=C(COc1ccccc1)NCCn1nc(-c2ccccn2)c2c1CCCC2. The van der Waals surface area contributed by atoms with E-state index < -0.39 is 0 Å². The Morgan fingerprint density at radius 3 is 2.71 bits per heavy atom. The van der Waals surface area contributed by atoms with Crippen molar-refractivity contribution in [3.8, 4) is 17.1 Å². The van der Waals surface area contributed by atoms with E-state index in [9.17, 15) is 4.79 Å². The normalized spacial score (nSPS) is 13.0. The van der Waals surface area contributed by atoms with Crippen molar-refractivity contribution in [1.82, 2.24) is 20.1 Å². The lowest BCUT2D eigenvalue weighted by Gasteiger charge is -2.14.